The molecule has 5 nitrogen and oxygen atoms in total. The molecule has 0 aromatic heterocycles. The zero-order chi connectivity index (χ0) is 26.1. The second kappa shape index (κ2) is 12.6. The molecule has 0 aliphatic rings. The van der Waals surface area contributed by atoms with Crippen LogP contribution in [0.25, 0.3) is 0 Å². The first kappa shape index (κ1) is 27.3. The molecule has 3 aromatic rings. The smallest absolute Gasteiger partial charge is 0.147 e. The van der Waals surface area contributed by atoms with Crippen molar-refractivity contribution in [3.8, 4) is 17.2 Å². The van der Waals surface area contributed by atoms with Crippen molar-refractivity contribution in [3.63, 3.8) is 0 Å². The Morgan fingerprint density at radius 3 is 2.08 bits per heavy atom. The molecule has 2 N–H and O–H groups in total. The van der Waals surface area contributed by atoms with Crippen LogP contribution in [0.15, 0.2) is 71.7 Å². The second-order valence-corrected chi connectivity index (χ2v) is 10.0. The number of nitrogens with zero attached hydrogens (tertiary/aromatic N) is 2. The monoisotopic (exact) mass is 487 g/mol. The molecule has 0 spiro atoms. The maximum atomic E-state index is 6.28. The molecular weight excluding hydrogens is 446 g/mol. The van der Waals surface area contributed by atoms with Crippen molar-refractivity contribution < 1.29 is 9.47 Å². The third-order valence-electron chi connectivity index (χ3n) is 6.31. The van der Waals surface area contributed by atoms with Crippen LogP contribution < -0.4 is 15.2 Å². The van der Waals surface area contributed by atoms with E-state index in [1.165, 1.54) is 5.56 Å². The van der Waals surface area contributed by atoms with E-state index in [0.717, 1.165) is 48.8 Å². The van der Waals surface area contributed by atoms with Crippen molar-refractivity contribution in [2.75, 3.05) is 32.0 Å². The second-order valence-electron chi connectivity index (χ2n) is 10.0. The lowest BCUT2D eigenvalue weighted by Crippen LogP contribution is -2.25. The van der Waals surface area contributed by atoms with Crippen LogP contribution in [-0.4, -0.2) is 36.9 Å². The van der Waals surface area contributed by atoms with E-state index in [1.54, 1.807) is 0 Å². The quantitative estimate of drug-likeness (QED) is 0.172. The van der Waals surface area contributed by atoms with Crippen molar-refractivity contribution in [2.45, 2.75) is 53.4 Å². The van der Waals surface area contributed by atoms with Gasteiger partial charge < -0.3 is 20.1 Å². The van der Waals surface area contributed by atoms with Crippen molar-refractivity contribution in [3.05, 3.63) is 77.9 Å². The molecule has 5 heteroatoms. The highest BCUT2D eigenvalue weighted by molar-refractivity contribution is 6.01. The molecule has 192 valence electrons. The van der Waals surface area contributed by atoms with Gasteiger partial charge in [0.25, 0.3) is 0 Å². The molecule has 0 atom stereocenters. The highest BCUT2D eigenvalue weighted by atomic mass is 16.5. The molecule has 0 amide bonds. The number of nitrogens with two attached hydrogens (primary N) is 1. The summed E-state index contributed by atoms with van der Waals surface area (Å²) >= 11 is 0. The zero-order valence-corrected chi connectivity index (χ0v) is 22.7. The van der Waals surface area contributed by atoms with Crippen molar-refractivity contribution in [1.82, 2.24) is 4.90 Å². The summed E-state index contributed by atoms with van der Waals surface area (Å²) in [6.45, 7) is 16.7. The third kappa shape index (κ3) is 7.59. The minimum absolute atomic E-state index is 0.120. The Labute approximate surface area is 217 Å². The Balaban J connectivity index is 1.67. The van der Waals surface area contributed by atoms with E-state index in [9.17, 15) is 0 Å². The molecule has 0 radical (unpaired) electrons. The fourth-order valence-corrected chi connectivity index (χ4v) is 3.94. The molecule has 0 bridgehead atoms. The highest BCUT2D eigenvalue weighted by Crippen LogP contribution is 2.34. The number of anilines is 1. The van der Waals surface area contributed by atoms with Gasteiger partial charge in [0, 0.05) is 12.3 Å². The fourth-order valence-electron chi connectivity index (χ4n) is 3.94. The van der Waals surface area contributed by atoms with Crippen molar-refractivity contribution in [2.24, 2.45) is 4.99 Å². The lowest BCUT2D eigenvalue weighted by Gasteiger charge is -2.19. The van der Waals surface area contributed by atoms with E-state index < -0.39 is 0 Å². The summed E-state index contributed by atoms with van der Waals surface area (Å²) in [5.41, 5.74) is 10.8. The number of para-hydroxylation sites is 1. The van der Waals surface area contributed by atoms with Gasteiger partial charge in [0.1, 0.15) is 22.9 Å². The van der Waals surface area contributed by atoms with E-state index in [1.807, 2.05) is 61.5 Å². The average Bonchev–Trinajstić information content (AvgIpc) is 2.86. The van der Waals surface area contributed by atoms with Gasteiger partial charge in [0.15, 0.2) is 0 Å². The summed E-state index contributed by atoms with van der Waals surface area (Å²) in [6, 6.07) is 21.9. The first-order chi connectivity index (χ1) is 17.2. The van der Waals surface area contributed by atoms with Gasteiger partial charge in [-0.3, -0.25) is 0 Å². The standard InChI is InChI=1S/C31H41N3O2/c1-7-34(8-2)21-10-22-35-29-12-9-11-28(32)30(29)33-23(3)24-13-17-26(18-14-24)36-27-19-15-25(16-20-27)31(4,5)6/h9,11-20H,7-8,10,21-22,32H2,1-6H3. The van der Waals surface area contributed by atoms with E-state index in [-0.39, 0.29) is 5.41 Å². The lowest BCUT2D eigenvalue weighted by atomic mass is 9.87. The van der Waals surface area contributed by atoms with Crippen molar-refractivity contribution >= 4 is 17.1 Å². The molecule has 0 saturated carbocycles. The van der Waals surface area contributed by atoms with Crippen LogP contribution >= 0.6 is 0 Å². The Bertz CT molecular complexity index is 1130. The third-order valence-corrected chi connectivity index (χ3v) is 6.31. The summed E-state index contributed by atoms with van der Waals surface area (Å²) < 4.78 is 12.1. The van der Waals surface area contributed by atoms with Gasteiger partial charge in [-0.1, -0.05) is 52.8 Å². The summed E-state index contributed by atoms with van der Waals surface area (Å²) in [5.74, 6) is 2.32. The number of benzene rings is 3. The minimum atomic E-state index is 0.120. The number of aliphatic imine (C=N–C) groups is 1. The fraction of sp³-hybridized carbons (Fsp3) is 0.387. The molecule has 0 heterocycles. The first-order valence-corrected chi connectivity index (χ1v) is 12.9. The largest absolute Gasteiger partial charge is 0.491 e. The number of hydrogen-bond acceptors (Lipinski definition) is 5. The van der Waals surface area contributed by atoms with E-state index in [0.29, 0.717) is 23.7 Å². The van der Waals surface area contributed by atoms with Gasteiger partial charge >= 0.3 is 0 Å². The molecule has 0 fully saturated rings. The van der Waals surface area contributed by atoms with Gasteiger partial charge in [-0.05, 0) is 91.5 Å². The predicted octanol–water partition coefficient (Wildman–Crippen LogP) is 7.61. The Morgan fingerprint density at radius 2 is 1.50 bits per heavy atom. The molecule has 0 aliphatic carbocycles. The number of rotatable bonds is 11. The number of nitrogen functional groups attached to an aromatic ring is 1. The first-order valence-electron chi connectivity index (χ1n) is 12.9. The zero-order valence-electron chi connectivity index (χ0n) is 22.7. The van der Waals surface area contributed by atoms with Crippen LogP contribution in [0.1, 0.15) is 59.1 Å². The topological polar surface area (TPSA) is 60.1 Å². The molecule has 3 rings (SSSR count). The molecular formula is C31H41N3O2. The molecule has 3 aromatic carbocycles. The Hall–Kier alpha value is -3.31. The van der Waals surface area contributed by atoms with Gasteiger partial charge in [-0.25, -0.2) is 4.99 Å². The lowest BCUT2D eigenvalue weighted by molar-refractivity contribution is 0.249. The SMILES string of the molecule is CCN(CC)CCCOc1cccc(N)c1N=C(C)c1ccc(Oc2ccc(C(C)(C)C)cc2)cc1. The molecule has 0 aliphatic heterocycles. The molecule has 36 heavy (non-hydrogen) atoms. The summed E-state index contributed by atoms with van der Waals surface area (Å²) in [6.07, 6.45) is 0.957. The minimum Gasteiger partial charge on any atom is -0.491 e. The Morgan fingerprint density at radius 1 is 0.889 bits per heavy atom. The van der Waals surface area contributed by atoms with Crippen LogP contribution in [0.2, 0.25) is 0 Å². The summed E-state index contributed by atoms with van der Waals surface area (Å²) in [5, 5.41) is 0. The molecule has 0 unspecified atom stereocenters. The normalized spacial score (nSPS) is 12.1. The molecule has 0 saturated heterocycles. The van der Waals surface area contributed by atoms with E-state index in [2.05, 4.69) is 51.7 Å². The highest BCUT2D eigenvalue weighted by Gasteiger charge is 2.13. The van der Waals surface area contributed by atoms with Crippen LogP contribution in [-0.2, 0) is 5.41 Å². The maximum Gasteiger partial charge on any atom is 0.147 e. The van der Waals surface area contributed by atoms with E-state index in [4.69, 9.17) is 20.2 Å². The Kier molecular flexibility index (Phi) is 9.54. The number of hydrogen-bond donors (Lipinski definition) is 1. The summed E-state index contributed by atoms with van der Waals surface area (Å²) in [4.78, 5) is 7.23. The van der Waals surface area contributed by atoms with Gasteiger partial charge in [-0.15, -0.1) is 0 Å². The van der Waals surface area contributed by atoms with Crippen LogP contribution in [0.3, 0.4) is 0 Å². The van der Waals surface area contributed by atoms with Crippen LogP contribution in [0, 0.1) is 0 Å². The predicted molar refractivity (Wildman–Crippen MR) is 152 cm³/mol. The number of ether oxygens (including phenoxy) is 2. The van der Waals surface area contributed by atoms with Crippen LogP contribution in [0.4, 0.5) is 11.4 Å². The van der Waals surface area contributed by atoms with Gasteiger partial charge in [0.05, 0.1) is 12.3 Å². The van der Waals surface area contributed by atoms with E-state index >= 15 is 0 Å². The average molecular weight is 488 g/mol. The maximum absolute atomic E-state index is 6.28. The van der Waals surface area contributed by atoms with Gasteiger partial charge in [-0.2, -0.15) is 0 Å². The van der Waals surface area contributed by atoms with Crippen LogP contribution in [0.5, 0.6) is 17.2 Å². The summed E-state index contributed by atoms with van der Waals surface area (Å²) in [7, 11) is 0. The van der Waals surface area contributed by atoms with Crippen molar-refractivity contribution in [1.29, 1.82) is 0 Å². The van der Waals surface area contributed by atoms with Gasteiger partial charge in [0.2, 0.25) is 0 Å².